The van der Waals surface area contributed by atoms with E-state index < -0.39 is 6.10 Å². The van der Waals surface area contributed by atoms with E-state index in [0.717, 1.165) is 23.3 Å². The number of nitrogens with one attached hydrogen (secondary N) is 1. The van der Waals surface area contributed by atoms with E-state index in [4.69, 9.17) is 0 Å². The zero-order chi connectivity index (χ0) is 13.9. The minimum Gasteiger partial charge on any atom is -0.387 e. The van der Waals surface area contributed by atoms with E-state index in [2.05, 4.69) is 5.32 Å². The molecule has 3 nitrogen and oxygen atoms in total. The maximum absolute atomic E-state index is 12.1. The first-order valence-corrected chi connectivity index (χ1v) is 7.68. The summed E-state index contributed by atoms with van der Waals surface area (Å²) in [7, 11) is 0. The van der Waals surface area contributed by atoms with E-state index in [1.165, 1.54) is 16.9 Å². The number of carbonyl (C=O) groups is 1. The average molecular weight is 287 g/mol. The number of aliphatic hydroxyl groups is 1. The smallest absolute Gasteiger partial charge is 0.261 e. The highest BCUT2D eigenvalue weighted by Crippen LogP contribution is 2.30. The van der Waals surface area contributed by atoms with Gasteiger partial charge in [-0.05, 0) is 36.5 Å². The summed E-state index contributed by atoms with van der Waals surface area (Å²) in [4.78, 5) is 14.2. The SMILES string of the molecule is O=C(NCC(O)c1ccccc1)c1cc2c(s1)CCC2. The van der Waals surface area contributed by atoms with Crippen molar-refractivity contribution >= 4 is 17.2 Å². The third-order valence-electron chi connectivity index (χ3n) is 3.61. The van der Waals surface area contributed by atoms with Crippen LogP contribution in [-0.4, -0.2) is 17.6 Å². The maximum Gasteiger partial charge on any atom is 0.261 e. The molecule has 0 radical (unpaired) electrons. The van der Waals surface area contributed by atoms with E-state index >= 15 is 0 Å². The third-order valence-corrected chi connectivity index (χ3v) is 4.85. The Kier molecular flexibility index (Phi) is 3.85. The molecule has 20 heavy (non-hydrogen) atoms. The Hall–Kier alpha value is -1.65. The number of benzene rings is 1. The second-order valence-electron chi connectivity index (χ2n) is 5.05. The molecule has 0 bridgehead atoms. The van der Waals surface area contributed by atoms with Crippen LogP contribution in [0.5, 0.6) is 0 Å². The molecular formula is C16H17NO2S. The van der Waals surface area contributed by atoms with Gasteiger partial charge in [0.05, 0.1) is 11.0 Å². The summed E-state index contributed by atoms with van der Waals surface area (Å²) in [6.07, 6.45) is 2.73. The summed E-state index contributed by atoms with van der Waals surface area (Å²) in [6.45, 7) is 0.241. The normalized spacial score (nSPS) is 14.8. The number of hydrogen-bond acceptors (Lipinski definition) is 3. The molecule has 1 aliphatic rings. The molecule has 1 aliphatic carbocycles. The maximum atomic E-state index is 12.1. The monoisotopic (exact) mass is 287 g/mol. The summed E-state index contributed by atoms with van der Waals surface area (Å²) in [5, 5.41) is 12.8. The Morgan fingerprint density at radius 2 is 2.10 bits per heavy atom. The van der Waals surface area contributed by atoms with Crippen LogP contribution >= 0.6 is 11.3 Å². The van der Waals surface area contributed by atoms with Crippen LogP contribution in [0.1, 0.15) is 38.2 Å². The molecule has 104 valence electrons. The van der Waals surface area contributed by atoms with Gasteiger partial charge in [-0.25, -0.2) is 0 Å². The molecule has 0 saturated carbocycles. The predicted molar refractivity (Wildman–Crippen MR) is 80.1 cm³/mol. The lowest BCUT2D eigenvalue weighted by atomic mass is 10.1. The molecule has 1 aromatic heterocycles. The molecule has 2 N–H and O–H groups in total. The van der Waals surface area contributed by atoms with Crippen LogP contribution in [0.2, 0.25) is 0 Å². The van der Waals surface area contributed by atoms with Crippen molar-refractivity contribution in [3.8, 4) is 0 Å². The molecule has 0 aliphatic heterocycles. The second-order valence-corrected chi connectivity index (χ2v) is 6.19. The Bertz CT molecular complexity index is 585. The largest absolute Gasteiger partial charge is 0.387 e. The predicted octanol–water partition coefficient (Wildman–Crippen LogP) is 2.70. The van der Waals surface area contributed by atoms with E-state index in [0.29, 0.717) is 0 Å². The first-order chi connectivity index (χ1) is 9.74. The zero-order valence-electron chi connectivity index (χ0n) is 11.1. The highest BCUT2D eigenvalue weighted by atomic mass is 32.1. The van der Waals surface area contributed by atoms with Crippen LogP contribution in [0, 0.1) is 0 Å². The third kappa shape index (κ3) is 2.76. The fourth-order valence-corrected chi connectivity index (χ4v) is 3.68. The van der Waals surface area contributed by atoms with Crippen molar-refractivity contribution in [2.75, 3.05) is 6.54 Å². The molecule has 0 saturated heterocycles. The second kappa shape index (κ2) is 5.77. The van der Waals surface area contributed by atoms with E-state index in [-0.39, 0.29) is 12.5 Å². The number of aliphatic hydroxyl groups excluding tert-OH is 1. The molecule has 1 atom stereocenters. The Morgan fingerprint density at radius 3 is 2.85 bits per heavy atom. The Labute approximate surface area is 122 Å². The fourth-order valence-electron chi connectivity index (χ4n) is 2.51. The number of rotatable bonds is 4. The molecule has 2 aromatic rings. The molecule has 0 fully saturated rings. The van der Waals surface area contributed by atoms with Gasteiger partial charge < -0.3 is 10.4 Å². The number of carbonyl (C=O) groups excluding carboxylic acids is 1. The first-order valence-electron chi connectivity index (χ1n) is 6.87. The summed E-state index contributed by atoms with van der Waals surface area (Å²) in [5.41, 5.74) is 2.14. The van der Waals surface area contributed by atoms with Gasteiger partial charge in [0.1, 0.15) is 0 Å². The van der Waals surface area contributed by atoms with Crippen molar-refractivity contribution < 1.29 is 9.90 Å². The van der Waals surface area contributed by atoms with Crippen molar-refractivity contribution in [1.29, 1.82) is 0 Å². The minimum atomic E-state index is -0.660. The van der Waals surface area contributed by atoms with E-state index in [9.17, 15) is 9.90 Å². The van der Waals surface area contributed by atoms with Crippen LogP contribution in [0.25, 0.3) is 0 Å². The van der Waals surface area contributed by atoms with Gasteiger partial charge in [0.15, 0.2) is 0 Å². The van der Waals surface area contributed by atoms with Crippen molar-refractivity contribution in [2.24, 2.45) is 0 Å². The van der Waals surface area contributed by atoms with Gasteiger partial charge in [-0.1, -0.05) is 30.3 Å². The van der Waals surface area contributed by atoms with Crippen LogP contribution in [0.3, 0.4) is 0 Å². The molecule has 0 spiro atoms. The summed E-state index contributed by atoms with van der Waals surface area (Å²) in [5.74, 6) is -0.0839. The molecule has 1 unspecified atom stereocenters. The number of hydrogen-bond donors (Lipinski definition) is 2. The van der Waals surface area contributed by atoms with E-state index in [1.54, 1.807) is 11.3 Å². The van der Waals surface area contributed by atoms with Crippen molar-refractivity contribution in [1.82, 2.24) is 5.32 Å². The number of aryl methyl sites for hydroxylation is 2. The molecular weight excluding hydrogens is 270 g/mol. The molecule has 1 heterocycles. The summed E-state index contributed by atoms with van der Waals surface area (Å²) < 4.78 is 0. The van der Waals surface area contributed by atoms with Crippen molar-refractivity contribution in [3.05, 3.63) is 57.3 Å². The fraction of sp³-hybridized carbons (Fsp3) is 0.312. The van der Waals surface area contributed by atoms with Crippen molar-refractivity contribution in [2.45, 2.75) is 25.4 Å². The minimum absolute atomic E-state index is 0.0839. The zero-order valence-corrected chi connectivity index (χ0v) is 12.0. The lowest BCUT2D eigenvalue weighted by Crippen LogP contribution is -2.27. The van der Waals surface area contributed by atoms with Gasteiger partial charge in [0.2, 0.25) is 0 Å². The summed E-state index contributed by atoms with van der Waals surface area (Å²) >= 11 is 1.58. The van der Waals surface area contributed by atoms with Crippen LogP contribution in [0.4, 0.5) is 0 Å². The molecule has 4 heteroatoms. The first kappa shape index (κ1) is 13.3. The van der Waals surface area contributed by atoms with Gasteiger partial charge in [0, 0.05) is 11.4 Å². The molecule has 1 amide bonds. The quantitative estimate of drug-likeness (QED) is 0.908. The lowest BCUT2D eigenvalue weighted by molar-refractivity contribution is 0.0920. The van der Waals surface area contributed by atoms with Crippen LogP contribution in [-0.2, 0) is 12.8 Å². The summed E-state index contributed by atoms with van der Waals surface area (Å²) in [6, 6.07) is 11.4. The van der Waals surface area contributed by atoms with Gasteiger partial charge in [0.25, 0.3) is 5.91 Å². The average Bonchev–Trinajstić information content (AvgIpc) is 3.06. The molecule has 1 aromatic carbocycles. The number of amides is 1. The van der Waals surface area contributed by atoms with E-state index in [1.807, 2.05) is 36.4 Å². The standard InChI is InChI=1S/C16H17NO2S/c18-13(11-5-2-1-3-6-11)10-17-16(19)15-9-12-7-4-8-14(12)20-15/h1-3,5-6,9,13,18H,4,7-8,10H2,(H,17,19). The van der Waals surface area contributed by atoms with Crippen LogP contribution < -0.4 is 5.32 Å². The molecule has 3 rings (SSSR count). The lowest BCUT2D eigenvalue weighted by Gasteiger charge is -2.11. The topological polar surface area (TPSA) is 49.3 Å². The highest BCUT2D eigenvalue weighted by molar-refractivity contribution is 7.14. The van der Waals surface area contributed by atoms with Crippen LogP contribution in [0.15, 0.2) is 36.4 Å². The van der Waals surface area contributed by atoms with Gasteiger partial charge in [-0.2, -0.15) is 0 Å². The van der Waals surface area contributed by atoms with Crippen molar-refractivity contribution in [3.63, 3.8) is 0 Å². The van der Waals surface area contributed by atoms with Gasteiger partial charge in [-0.15, -0.1) is 11.3 Å². The number of fused-ring (bicyclic) bond motifs is 1. The van der Waals surface area contributed by atoms with Gasteiger partial charge >= 0.3 is 0 Å². The Balaban J connectivity index is 1.59. The van der Waals surface area contributed by atoms with Gasteiger partial charge in [-0.3, -0.25) is 4.79 Å². The number of thiophene rings is 1. The Morgan fingerprint density at radius 1 is 1.30 bits per heavy atom. The highest BCUT2D eigenvalue weighted by Gasteiger charge is 2.18.